The molecule has 61 valence electrons. The molecule has 0 fully saturated rings. The van der Waals surface area contributed by atoms with Crippen LogP contribution >= 0.6 is 0 Å². The van der Waals surface area contributed by atoms with Crippen molar-refractivity contribution in [3.05, 3.63) is 6.92 Å². The van der Waals surface area contributed by atoms with Crippen molar-refractivity contribution >= 4 is 0 Å². The van der Waals surface area contributed by atoms with Crippen LogP contribution in [0.3, 0.4) is 0 Å². The van der Waals surface area contributed by atoms with E-state index in [9.17, 15) is 0 Å². The van der Waals surface area contributed by atoms with Crippen LogP contribution in [0, 0.1) is 6.92 Å². The third-order valence-corrected chi connectivity index (χ3v) is 1.05. The van der Waals surface area contributed by atoms with Gasteiger partial charge in [0, 0.05) is 0 Å². The Morgan fingerprint density at radius 3 is 2.40 bits per heavy atom. The molecule has 0 aromatic rings. The quantitative estimate of drug-likeness (QED) is 0.605. The molecule has 10 heavy (non-hydrogen) atoms. The van der Waals surface area contributed by atoms with Gasteiger partial charge in [0.1, 0.15) is 5.72 Å². The smallest absolute Gasteiger partial charge is 0.116 e. The molecule has 1 atom stereocenters. The van der Waals surface area contributed by atoms with Crippen LogP contribution in [0.15, 0.2) is 0 Å². The molecule has 0 saturated heterocycles. The van der Waals surface area contributed by atoms with Crippen molar-refractivity contribution in [2.75, 3.05) is 6.54 Å². The third kappa shape index (κ3) is 4.77. The molecule has 2 nitrogen and oxygen atoms in total. The van der Waals surface area contributed by atoms with Crippen molar-refractivity contribution < 1.29 is 4.74 Å². The van der Waals surface area contributed by atoms with Gasteiger partial charge in [-0.2, -0.15) is 0 Å². The van der Waals surface area contributed by atoms with Gasteiger partial charge in [-0.15, -0.1) is 0 Å². The van der Waals surface area contributed by atoms with Gasteiger partial charge in [-0.25, -0.2) is 0 Å². The van der Waals surface area contributed by atoms with E-state index in [4.69, 9.17) is 4.74 Å². The molecule has 0 amide bonds. The van der Waals surface area contributed by atoms with Gasteiger partial charge in [0.05, 0.1) is 6.10 Å². The highest BCUT2D eigenvalue weighted by Gasteiger charge is 2.17. The van der Waals surface area contributed by atoms with E-state index in [2.05, 4.69) is 12.2 Å². The van der Waals surface area contributed by atoms with E-state index in [0.29, 0.717) is 0 Å². The molecule has 1 unspecified atom stereocenters. The number of hydrogen-bond donors (Lipinski definition) is 1. The normalized spacial score (nSPS) is 12.6. The van der Waals surface area contributed by atoms with Crippen molar-refractivity contribution in [3.63, 3.8) is 0 Å². The lowest BCUT2D eigenvalue weighted by Gasteiger charge is -2.28. The van der Waals surface area contributed by atoms with E-state index in [1.165, 1.54) is 0 Å². The van der Waals surface area contributed by atoms with Gasteiger partial charge in [0.25, 0.3) is 0 Å². The first-order valence-electron chi connectivity index (χ1n) is 3.76. The van der Waals surface area contributed by atoms with Crippen LogP contribution in [0.2, 0.25) is 0 Å². The van der Waals surface area contributed by atoms with Crippen molar-refractivity contribution in [2.24, 2.45) is 0 Å². The Labute approximate surface area is 64.0 Å². The van der Waals surface area contributed by atoms with E-state index in [1.54, 1.807) is 0 Å². The third-order valence-electron chi connectivity index (χ3n) is 1.05. The largest absolute Gasteiger partial charge is 0.358 e. The van der Waals surface area contributed by atoms with Gasteiger partial charge in [0.15, 0.2) is 0 Å². The summed E-state index contributed by atoms with van der Waals surface area (Å²) in [5.41, 5.74) is -0.428. The molecule has 0 aliphatic rings. The molecular formula is C8H18NO. The molecular weight excluding hydrogens is 126 g/mol. The summed E-state index contributed by atoms with van der Waals surface area (Å²) in [6.07, 6.45) is 0.224. The number of nitrogens with one attached hydrogen (secondary N) is 1. The summed E-state index contributed by atoms with van der Waals surface area (Å²) in [4.78, 5) is 0. The minimum Gasteiger partial charge on any atom is -0.358 e. The monoisotopic (exact) mass is 144 g/mol. The summed E-state index contributed by atoms with van der Waals surface area (Å²) in [6, 6.07) is 0. The van der Waals surface area contributed by atoms with Crippen molar-refractivity contribution in [2.45, 2.75) is 39.5 Å². The molecule has 0 heterocycles. The second-order valence-corrected chi connectivity index (χ2v) is 2.93. The van der Waals surface area contributed by atoms with Crippen LogP contribution in [-0.2, 0) is 4.74 Å². The Morgan fingerprint density at radius 2 is 2.10 bits per heavy atom. The fourth-order valence-electron chi connectivity index (χ4n) is 0.936. The topological polar surface area (TPSA) is 21.3 Å². The van der Waals surface area contributed by atoms with E-state index in [1.807, 2.05) is 27.7 Å². The van der Waals surface area contributed by atoms with Gasteiger partial charge in [-0.1, -0.05) is 6.92 Å². The Bertz CT molecular complexity index is 89.3. The van der Waals surface area contributed by atoms with E-state index in [0.717, 1.165) is 6.54 Å². The maximum atomic E-state index is 5.46. The number of hydrogen-bond acceptors (Lipinski definition) is 2. The molecule has 0 bridgehead atoms. The van der Waals surface area contributed by atoms with Gasteiger partial charge in [-0.05, 0) is 34.2 Å². The van der Waals surface area contributed by atoms with Crippen molar-refractivity contribution in [1.29, 1.82) is 0 Å². The fraction of sp³-hybridized carbons (Fsp3) is 0.875. The Morgan fingerprint density at radius 1 is 1.60 bits per heavy atom. The highest BCUT2D eigenvalue weighted by atomic mass is 16.5. The summed E-state index contributed by atoms with van der Waals surface area (Å²) in [5, 5.41) is 3.12. The molecule has 0 aromatic carbocycles. The fourth-order valence-corrected chi connectivity index (χ4v) is 0.936. The van der Waals surface area contributed by atoms with Gasteiger partial charge in [-0.3, -0.25) is 5.32 Å². The standard InChI is InChI=1S/C8H18NO/c1-6-9-8(4,5)10-7(2)3/h7,9H,4,6H2,1-3,5H3. The maximum Gasteiger partial charge on any atom is 0.116 e. The van der Waals surface area contributed by atoms with Crippen molar-refractivity contribution in [1.82, 2.24) is 5.32 Å². The molecule has 0 saturated carbocycles. The minimum absolute atomic E-state index is 0.224. The van der Waals surface area contributed by atoms with E-state index < -0.39 is 5.72 Å². The molecule has 0 rings (SSSR count). The predicted molar refractivity (Wildman–Crippen MR) is 43.7 cm³/mol. The molecule has 0 aliphatic carbocycles. The Kier molecular flexibility index (Phi) is 3.91. The zero-order valence-electron chi connectivity index (χ0n) is 7.40. The Balaban J connectivity index is 3.63. The van der Waals surface area contributed by atoms with Crippen molar-refractivity contribution in [3.8, 4) is 0 Å². The lowest BCUT2D eigenvalue weighted by atomic mass is 10.3. The Hall–Kier alpha value is -0.0800. The van der Waals surface area contributed by atoms with Gasteiger partial charge in [0.2, 0.25) is 0 Å². The van der Waals surface area contributed by atoms with E-state index >= 15 is 0 Å². The van der Waals surface area contributed by atoms with Crippen LogP contribution in [0.5, 0.6) is 0 Å². The summed E-state index contributed by atoms with van der Waals surface area (Å²) in [7, 11) is 0. The number of ether oxygens (including phenoxy) is 1. The zero-order chi connectivity index (χ0) is 8.20. The number of rotatable bonds is 4. The predicted octanol–water partition coefficient (Wildman–Crippen LogP) is 1.57. The molecule has 0 aliphatic heterocycles. The van der Waals surface area contributed by atoms with Crippen LogP contribution in [0.4, 0.5) is 0 Å². The lowest BCUT2D eigenvalue weighted by molar-refractivity contribution is -0.0576. The second kappa shape index (κ2) is 3.94. The minimum atomic E-state index is -0.428. The first kappa shape index (κ1) is 9.92. The first-order chi connectivity index (χ1) is 4.48. The van der Waals surface area contributed by atoms with Crippen LogP contribution in [-0.4, -0.2) is 18.4 Å². The van der Waals surface area contributed by atoms with E-state index in [-0.39, 0.29) is 6.10 Å². The van der Waals surface area contributed by atoms with Crippen LogP contribution < -0.4 is 5.32 Å². The van der Waals surface area contributed by atoms with Crippen LogP contribution in [0.25, 0.3) is 0 Å². The average Bonchev–Trinajstić information content (AvgIpc) is 1.59. The molecule has 2 heteroatoms. The van der Waals surface area contributed by atoms with Crippen LogP contribution in [0.1, 0.15) is 27.7 Å². The highest BCUT2D eigenvalue weighted by molar-refractivity contribution is 4.74. The second-order valence-electron chi connectivity index (χ2n) is 2.93. The molecule has 0 spiro atoms. The van der Waals surface area contributed by atoms with Gasteiger partial charge >= 0.3 is 0 Å². The summed E-state index contributed by atoms with van der Waals surface area (Å²) < 4.78 is 5.46. The maximum absolute atomic E-state index is 5.46. The van der Waals surface area contributed by atoms with Gasteiger partial charge < -0.3 is 4.74 Å². The summed E-state index contributed by atoms with van der Waals surface area (Å²) in [5.74, 6) is 0. The first-order valence-corrected chi connectivity index (χ1v) is 3.76. The average molecular weight is 144 g/mol. The lowest BCUT2D eigenvalue weighted by Crippen LogP contribution is -2.43. The summed E-state index contributed by atoms with van der Waals surface area (Å²) in [6.45, 7) is 12.7. The summed E-state index contributed by atoms with van der Waals surface area (Å²) >= 11 is 0. The molecule has 1 radical (unpaired) electrons. The SMILES string of the molecule is [CH2]C(C)(NCC)OC(C)C. The molecule has 0 aromatic heterocycles. The zero-order valence-corrected chi connectivity index (χ0v) is 7.40. The molecule has 1 N–H and O–H groups in total. The highest BCUT2D eigenvalue weighted by Crippen LogP contribution is 2.06.